The van der Waals surface area contributed by atoms with Gasteiger partial charge in [0.15, 0.2) is 0 Å². The first kappa shape index (κ1) is 9.04. The summed E-state index contributed by atoms with van der Waals surface area (Å²) in [5.41, 5.74) is 0. The summed E-state index contributed by atoms with van der Waals surface area (Å²) in [5, 5.41) is 0.798. The average molecular weight is 304 g/mol. The van der Waals surface area contributed by atoms with Gasteiger partial charge in [0.1, 0.15) is 0 Å². The van der Waals surface area contributed by atoms with E-state index in [2.05, 4.69) is 38.8 Å². The minimum absolute atomic E-state index is 0.390. The molecule has 1 aromatic heterocycles. The Bertz CT molecular complexity index is 212. The van der Waals surface area contributed by atoms with Crippen molar-refractivity contribution in [1.82, 2.24) is 0 Å². The highest BCUT2D eigenvalue weighted by Crippen LogP contribution is 2.37. The molecule has 0 fully saturated rings. The predicted molar refractivity (Wildman–Crippen MR) is 54.4 cm³/mol. The Morgan fingerprint density at radius 2 is 2.30 bits per heavy atom. The fourth-order valence-corrected chi connectivity index (χ4v) is 2.65. The standard InChI is InChI=1S/C6H5Br2ClS/c1-3(7)5-2-4(9)6(8)10-5/h2-3H,1H3. The molecule has 1 rings (SSSR count). The maximum absolute atomic E-state index is 5.82. The number of hydrogen-bond acceptors (Lipinski definition) is 1. The van der Waals surface area contributed by atoms with E-state index in [1.807, 2.05) is 6.07 Å². The molecule has 0 amide bonds. The maximum atomic E-state index is 5.82. The number of halogens is 3. The van der Waals surface area contributed by atoms with E-state index >= 15 is 0 Å². The Morgan fingerprint density at radius 1 is 1.70 bits per heavy atom. The van der Waals surface area contributed by atoms with Gasteiger partial charge in [-0.3, -0.25) is 0 Å². The van der Waals surface area contributed by atoms with Gasteiger partial charge in [0.05, 0.1) is 8.81 Å². The van der Waals surface area contributed by atoms with Crippen LogP contribution in [0.5, 0.6) is 0 Å². The largest absolute Gasteiger partial charge is 0.131 e. The maximum Gasteiger partial charge on any atom is 0.0887 e. The van der Waals surface area contributed by atoms with Gasteiger partial charge in [0.25, 0.3) is 0 Å². The van der Waals surface area contributed by atoms with Gasteiger partial charge in [-0.1, -0.05) is 27.5 Å². The van der Waals surface area contributed by atoms with Crippen molar-refractivity contribution in [2.24, 2.45) is 0 Å². The zero-order valence-electron chi connectivity index (χ0n) is 5.20. The van der Waals surface area contributed by atoms with Gasteiger partial charge in [-0.05, 0) is 28.9 Å². The molecule has 0 spiro atoms. The van der Waals surface area contributed by atoms with Crippen molar-refractivity contribution in [2.45, 2.75) is 11.8 Å². The van der Waals surface area contributed by atoms with Crippen LogP contribution < -0.4 is 0 Å². The average Bonchev–Trinajstić information content (AvgIpc) is 2.13. The van der Waals surface area contributed by atoms with E-state index in [0.29, 0.717) is 4.83 Å². The van der Waals surface area contributed by atoms with E-state index in [0.717, 1.165) is 8.81 Å². The quantitative estimate of drug-likeness (QED) is 0.664. The Hall–Kier alpha value is 0.950. The minimum atomic E-state index is 0.390. The summed E-state index contributed by atoms with van der Waals surface area (Å²) in [6, 6.07) is 1.97. The normalized spacial score (nSPS) is 13.6. The highest BCUT2D eigenvalue weighted by molar-refractivity contribution is 9.11. The molecule has 0 N–H and O–H groups in total. The smallest absolute Gasteiger partial charge is 0.0887 e. The van der Waals surface area contributed by atoms with Gasteiger partial charge in [-0.2, -0.15) is 0 Å². The summed E-state index contributed by atoms with van der Waals surface area (Å²) >= 11 is 14.3. The molecule has 0 aliphatic heterocycles. The Balaban J connectivity index is 2.98. The van der Waals surface area contributed by atoms with Gasteiger partial charge in [0.2, 0.25) is 0 Å². The van der Waals surface area contributed by atoms with E-state index in [1.54, 1.807) is 11.3 Å². The fraction of sp³-hybridized carbons (Fsp3) is 0.333. The van der Waals surface area contributed by atoms with Crippen molar-refractivity contribution in [3.63, 3.8) is 0 Å². The SMILES string of the molecule is CC(Br)c1cc(Cl)c(Br)s1. The molecule has 1 heterocycles. The number of thiophene rings is 1. The summed E-state index contributed by atoms with van der Waals surface area (Å²) < 4.78 is 1.01. The van der Waals surface area contributed by atoms with Crippen molar-refractivity contribution in [3.05, 3.63) is 19.8 Å². The van der Waals surface area contributed by atoms with Gasteiger partial charge >= 0.3 is 0 Å². The molecule has 4 heteroatoms. The second kappa shape index (κ2) is 3.57. The van der Waals surface area contributed by atoms with Crippen LogP contribution in [0, 0.1) is 0 Å². The van der Waals surface area contributed by atoms with Crippen LogP contribution in [-0.2, 0) is 0 Å². The number of rotatable bonds is 1. The molecule has 0 saturated heterocycles. The van der Waals surface area contributed by atoms with Crippen molar-refractivity contribution in [3.8, 4) is 0 Å². The summed E-state index contributed by atoms with van der Waals surface area (Å²) in [4.78, 5) is 1.64. The Labute approximate surface area is 85.8 Å². The topological polar surface area (TPSA) is 0 Å². The van der Waals surface area contributed by atoms with Crippen molar-refractivity contribution >= 4 is 54.8 Å². The van der Waals surface area contributed by atoms with Crippen LogP contribution in [0.15, 0.2) is 9.85 Å². The highest BCUT2D eigenvalue weighted by atomic mass is 79.9. The molecule has 56 valence electrons. The molecule has 0 aromatic carbocycles. The van der Waals surface area contributed by atoms with Crippen LogP contribution in [0.1, 0.15) is 16.6 Å². The van der Waals surface area contributed by atoms with E-state index in [4.69, 9.17) is 11.6 Å². The highest BCUT2D eigenvalue weighted by Gasteiger charge is 2.07. The third kappa shape index (κ3) is 1.97. The van der Waals surface area contributed by atoms with Gasteiger partial charge < -0.3 is 0 Å². The van der Waals surface area contributed by atoms with E-state index in [1.165, 1.54) is 4.88 Å². The summed E-state index contributed by atoms with van der Waals surface area (Å²) in [6.07, 6.45) is 0. The van der Waals surface area contributed by atoms with E-state index in [-0.39, 0.29) is 0 Å². The lowest BCUT2D eigenvalue weighted by Gasteiger charge is -1.93. The number of alkyl halides is 1. The molecule has 1 unspecified atom stereocenters. The van der Waals surface area contributed by atoms with Gasteiger partial charge in [-0.25, -0.2) is 0 Å². The summed E-state index contributed by atoms with van der Waals surface area (Å²) in [5.74, 6) is 0. The predicted octanol–water partition coefficient (Wildman–Crippen LogP) is 4.62. The van der Waals surface area contributed by atoms with Crippen LogP contribution in [-0.4, -0.2) is 0 Å². The molecular formula is C6H5Br2ClS. The van der Waals surface area contributed by atoms with Crippen LogP contribution in [0.3, 0.4) is 0 Å². The van der Waals surface area contributed by atoms with Crippen LogP contribution in [0.4, 0.5) is 0 Å². The molecule has 1 aromatic rings. The molecule has 0 saturated carbocycles. The van der Waals surface area contributed by atoms with E-state index < -0.39 is 0 Å². The summed E-state index contributed by atoms with van der Waals surface area (Å²) in [6.45, 7) is 2.08. The lowest BCUT2D eigenvalue weighted by Crippen LogP contribution is -1.71. The molecule has 0 radical (unpaired) electrons. The first-order chi connectivity index (χ1) is 4.61. The fourth-order valence-electron chi connectivity index (χ4n) is 0.559. The lowest BCUT2D eigenvalue weighted by atomic mass is 10.4. The molecule has 0 bridgehead atoms. The van der Waals surface area contributed by atoms with Crippen molar-refractivity contribution < 1.29 is 0 Å². The molecule has 1 atom stereocenters. The summed E-state index contributed by atoms with van der Waals surface area (Å²) in [7, 11) is 0. The zero-order chi connectivity index (χ0) is 7.72. The second-order valence-electron chi connectivity index (χ2n) is 1.89. The second-order valence-corrected chi connectivity index (χ2v) is 6.07. The van der Waals surface area contributed by atoms with Crippen molar-refractivity contribution in [2.75, 3.05) is 0 Å². The molecule has 0 aliphatic rings. The molecule has 0 aliphatic carbocycles. The molecule has 10 heavy (non-hydrogen) atoms. The monoisotopic (exact) mass is 302 g/mol. The first-order valence-corrected chi connectivity index (χ1v) is 5.60. The number of hydrogen-bond donors (Lipinski definition) is 0. The third-order valence-corrected chi connectivity index (χ3v) is 4.51. The first-order valence-electron chi connectivity index (χ1n) is 2.70. The minimum Gasteiger partial charge on any atom is -0.131 e. The lowest BCUT2D eigenvalue weighted by molar-refractivity contribution is 1.17. The van der Waals surface area contributed by atoms with Crippen LogP contribution in [0.2, 0.25) is 5.02 Å². The van der Waals surface area contributed by atoms with E-state index in [9.17, 15) is 0 Å². The van der Waals surface area contributed by atoms with Crippen LogP contribution in [0.25, 0.3) is 0 Å². The van der Waals surface area contributed by atoms with Crippen molar-refractivity contribution in [1.29, 1.82) is 0 Å². The Morgan fingerprint density at radius 3 is 2.50 bits per heavy atom. The zero-order valence-corrected chi connectivity index (χ0v) is 9.94. The Kier molecular flexibility index (Phi) is 3.22. The van der Waals surface area contributed by atoms with Crippen LogP contribution >= 0.6 is 54.8 Å². The van der Waals surface area contributed by atoms with Gasteiger partial charge in [0, 0.05) is 9.70 Å². The third-order valence-electron chi connectivity index (χ3n) is 1.06. The van der Waals surface area contributed by atoms with Gasteiger partial charge in [-0.15, -0.1) is 11.3 Å². The molecular weight excluding hydrogens is 299 g/mol. The molecule has 0 nitrogen and oxygen atoms in total.